The zero-order valence-corrected chi connectivity index (χ0v) is 12.2. The number of ether oxygens (including phenoxy) is 2. The van der Waals surface area contributed by atoms with Crippen molar-refractivity contribution in [2.45, 2.75) is 32.0 Å². The fourth-order valence-corrected chi connectivity index (χ4v) is 2.03. The number of amides is 2. The van der Waals surface area contributed by atoms with Crippen LogP contribution in [0.15, 0.2) is 24.3 Å². The minimum absolute atomic E-state index is 0.343. The second-order valence-corrected chi connectivity index (χ2v) is 5.01. The van der Waals surface area contributed by atoms with Crippen LogP contribution in [0.2, 0.25) is 0 Å². The summed E-state index contributed by atoms with van der Waals surface area (Å²) >= 11 is 0. The largest absolute Gasteiger partial charge is 0.451 e. The van der Waals surface area contributed by atoms with Crippen LogP contribution in [0.1, 0.15) is 30.1 Å². The molecule has 7 heteroatoms. The van der Waals surface area contributed by atoms with E-state index in [9.17, 15) is 14.4 Å². The van der Waals surface area contributed by atoms with Crippen molar-refractivity contribution in [1.82, 2.24) is 0 Å². The summed E-state index contributed by atoms with van der Waals surface area (Å²) in [7, 11) is 0. The standard InChI is InChI=1S/C15H18N2O5/c1-9(22-15(20)12-3-2-8-21-12)14(19)17-11-6-4-10(5-7-11)13(16)18/h4-7,9,12H,2-3,8H2,1H3,(H2,16,18)(H,17,19). The van der Waals surface area contributed by atoms with Gasteiger partial charge in [0.2, 0.25) is 5.91 Å². The molecular formula is C15H18N2O5. The molecule has 1 aromatic rings. The maximum absolute atomic E-state index is 12.0. The topological polar surface area (TPSA) is 108 Å². The maximum Gasteiger partial charge on any atom is 0.336 e. The predicted molar refractivity (Wildman–Crippen MR) is 78.1 cm³/mol. The molecule has 0 aromatic heterocycles. The molecule has 2 atom stereocenters. The molecule has 118 valence electrons. The van der Waals surface area contributed by atoms with E-state index in [1.807, 2.05) is 0 Å². The minimum atomic E-state index is -0.937. The molecule has 1 fully saturated rings. The first kappa shape index (κ1) is 16.0. The van der Waals surface area contributed by atoms with E-state index >= 15 is 0 Å². The van der Waals surface area contributed by atoms with E-state index in [-0.39, 0.29) is 0 Å². The lowest BCUT2D eigenvalue weighted by Gasteiger charge is -2.16. The van der Waals surface area contributed by atoms with Gasteiger partial charge in [0, 0.05) is 17.9 Å². The first-order chi connectivity index (χ1) is 10.5. The number of carbonyl (C=O) groups is 3. The monoisotopic (exact) mass is 306 g/mol. The van der Waals surface area contributed by atoms with Gasteiger partial charge in [-0.2, -0.15) is 0 Å². The Balaban J connectivity index is 1.87. The molecule has 1 saturated heterocycles. The first-order valence-corrected chi connectivity index (χ1v) is 7.00. The lowest BCUT2D eigenvalue weighted by molar-refractivity contribution is -0.162. The van der Waals surface area contributed by atoms with Crippen molar-refractivity contribution in [1.29, 1.82) is 0 Å². The fourth-order valence-electron chi connectivity index (χ4n) is 2.03. The number of esters is 1. The molecule has 0 radical (unpaired) electrons. The van der Waals surface area contributed by atoms with Crippen molar-refractivity contribution < 1.29 is 23.9 Å². The second-order valence-electron chi connectivity index (χ2n) is 5.01. The van der Waals surface area contributed by atoms with Crippen LogP contribution in [0.5, 0.6) is 0 Å². The maximum atomic E-state index is 12.0. The van der Waals surface area contributed by atoms with E-state index in [1.54, 1.807) is 12.1 Å². The van der Waals surface area contributed by atoms with E-state index < -0.39 is 30.0 Å². The van der Waals surface area contributed by atoms with Crippen molar-refractivity contribution >= 4 is 23.5 Å². The lowest BCUT2D eigenvalue weighted by Crippen LogP contribution is -2.34. The Morgan fingerprint density at radius 1 is 1.32 bits per heavy atom. The van der Waals surface area contributed by atoms with Crippen LogP contribution in [0.4, 0.5) is 5.69 Å². The molecule has 2 rings (SSSR count). The van der Waals surface area contributed by atoms with Gasteiger partial charge in [-0.1, -0.05) is 0 Å². The van der Waals surface area contributed by atoms with Gasteiger partial charge in [0.1, 0.15) is 0 Å². The molecule has 0 spiro atoms. The van der Waals surface area contributed by atoms with Gasteiger partial charge in [0.05, 0.1) is 0 Å². The third kappa shape index (κ3) is 4.05. The Bertz CT molecular complexity index is 564. The smallest absolute Gasteiger partial charge is 0.336 e. The fraction of sp³-hybridized carbons (Fsp3) is 0.400. The molecule has 1 aromatic carbocycles. The number of nitrogens with one attached hydrogen (secondary N) is 1. The van der Waals surface area contributed by atoms with Crippen LogP contribution in [-0.2, 0) is 19.1 Å². The second kappa shape index (κ2) is 7.04. The van der Waals surface area contributed by atoms with Gasteiger partial charge < -0.3 is 20.5 Å². The number of anilines is 1. The molecule has 7 nitrogen and oxygen atoms in total. The third-order valence-corrected chi connectivity index (χ3v) is 3.29. The van der Waals surface area contributed by atoms with Gasteiger partial charge >= 0.3 is 5.97 Å². The van der Waals surface area contributed by atoms with E-state index in [0.29, 0.717) is 24.3 Å². The predicted octanol–water partition coefficient (Wildman–Crippen LogP) is 0.835. The van der Waals surface area contributed by atoms with Gasteiger partial charge in [0.25, 0.3) is 5.91 Å². The molecular weight excluding hydrogens is 288 g/mol. The first-order valence-electron chi connectivity index (χ1n) is 7.00. The summed E-state index contributed by atoms with van der Waals surface area (Å²) in [5.41, 5.74) is 5.96. The highest BCUT2D eigenvalue weighted by Gasteiger charge is 2.28. The van der Waals surface area contributed by atoms with Crippen LogP contribution >= 0.6 is 0 Å². The molecule has 22 heavy (non-hydrogen) atoms. The van der Waals surface area contributed by atoms with Crippen molar-refractivity contribution in [2.75, 3.05) is 11.9 Å². The number of rotatable bonds is 5. The van der Waals surface area contributed by atoms with Crippen molar-refractivity contribution in [3.8, 4) is 0 Å². The van der Waals surface area contributed by atoms with E-state index in [0.717, 1.165) is 6.42 Å². The molecule has 1 aliphatic rings. The van der Waals surface area contributed by atoms with Crippen LogP contribution in [0.25, 0.3) is 0 Å². The molecule has 0 saturated carbocycles. The molecule has 2 unspecified atom stereocenters. The third-order valence-electron chi connectivity index (χ3n) is 3.29. The van der Waals surface area contributed by atoms with Gasteiger partial charge in [-0.05, 0) is 44.0 Å². The highest BCUT2D eigenvalue weighted by molar-refractivity contribution is 5.96. The van der Waals surface area contributed by atoms with Gasteiger partial charge in [-0.3, -0.25) is 9.59 Å². The van der Waals surface area contributed by atoms with E-state index in [4.69, 9.17) is 15.2 Å². The quantitative estimate of drug-likeness (QED) is 0.784. The van der Waals surface area contributed by atoms with Crippen molar-refractivity contribution in [2.24, 2.45) is 5.73 Å². The summed E-state index contributed by atoms with van der Waals surface area (Å²) < 4.78 is 10.3. The highest BCUT2D eigenvalue weighted by Crippen LogP contribution is 2.15. The number of primary amides is 1. The summed E-state index contributed by atoms with van der Waals surface area (Å²) in [5, 5.41) is 2.59. The zero-order valence-electron chi connectivity index (χ0n) is 12.2. The van der Waals surface area contributed by atoms with E-state index in [1.165, 1.54) is 19.1 Å². The van der Waals surface area contributed by atoms with Crippen molar-refractivity contribution in [3.63, 3.8) is 0 Å². The zero-order chi connectivity index (χ0) is 16.1. The summed E-state index contributed by atoms with van der Waals surface area (Å²) in [5.74, 6) is -1.53. The molecule has 3 N–H and O–H groups in total. The van der Waals surface area contributed by atoms with Gasteiger partial charge in [0.15, 0.2) is 12.2 Å². The van der Waals surface area contributed by atoms with E-state index in [2.05, 4.69) is 5.32 Å². The number of carbonyl (C=O) groups excluding carboxylic acids is 3. The van der Waals surface area contributed by atoms with Crippen LogP contribution < -0.4 is 11.1 Å². The summed E-state index contributed by atoms with van der Waals surface area (Å²) in [6.07, 6.45) is -0.0912. The Hall–Kier alpha value is -2.41. The SMILES string of the molecule is CC(OC(=O)C1CCCO1)C(=O)Nc1ccc(C(N)=O)cc1. The molecule has 0 aliphatic carbocycles. The Kier molecular flexibility index (Phi) is 5.11. The lowest BCUT2D eigenvalue weighted by atomic mass is 10.2. The number of hydrogen-bond donors (Lipinski definition) is 2. The molecule has 1 aliphatic heterocycles. The minimum Gasteiger partial charge on any atom is -0.451 e. The van der Waals surface area contributed by atoms with Gasteiger partial charge in [-0.15, -0.1) is 0 Å². The molecule has 0 bridgehead atoms. The van der Waals surface area contributed by atoms with Crippen molar-refractivity contribution in [3.05, 3.63) is 29.8 Å². The number of hydrogen-bond acceptors (Lipinski definition) is 5. The van der Waals surface area contributed by atoms with Crippen LogP contribution in [0, 0.1) is 0 Å². The highest BCUT2D eigenvalue weighted by atomic mass is 16.6. The van der Waals surface area contributed by atoms with Crippen LogP contribution in [0.3, 0.4) is 0 Å². The summed E-state index contributed by atoms with van der Waals surface area (Å²) in [6.45, 7) is 2.02. The number of nitrogens with two attached hydrogens (primary N) is 1. The Morgan fingerprint density at radius 3 is 2.55 bits per heavy atom. The van der Waals surface area contributed by atoms with Gasteiger partial charge in [-0.25, -0.2) is 4.79 Å². The summed E-state index contributed by atoms with van der Waals surface area (Å²) in [4.78, 5) is 34.7. The van der Waals surface area contributed by atoms with Crippen LogP contribution in [-0.4, -0.2) is 36.6 Å². The Labute approximate surface area is 127 Å². The molecule has 2 amide bonds. The number of benzene rings is 1. The average Bonchev–Trinajstić information content (AvgIpc) is 3.02. The molecule has 1 heterocycles. The Morgan fingerprint density at radius 2 is 2.00 bits per heavy atom. The normalized spacial score (nSPS) is 18.5. The average molecular weight is 306 g/mol. The summed E-state index contributed by atoms with van der Waals surface area (Å²) in [6, 6.07) is 6.10.